The van der Waals surface area contributed by atoms with E-state index in [1.807, 2.05) is 32.9 Å². The van der Waals surface area contributed by atoms with Crippen LogP contribution in [0.2, 0.25) is 0 Å². The molecule has 0 spiro atoms. The van der Waals surface area contributed by atoms with Crippen molar-refractivity contribution in [3.05, 3.63) is 52.4 Å². The zero-order chi connectivity index (χ0) is 15.4. The van der Waals surface area contributed by atoms with Crippen molar-refractivity contribution in [1.82, 2.24) is 10.5 Å². The van der Waals surface area contributed by atoms with Crippen LogP contribution in [0.1, 0.15) is 52.3 Å². The average molecular weight is 324 g/mol. The fourth-order valence-electron chi connectivity index (χ4n) is 2.40. The van der Waals surface area contributed by atoms with Crippen LogP contribution in [0.5, 0.6) is 0 Å². The third-order valence-corrected chi connectivity index (χ3v) is 3.60. The molecular formula is C16H22ClN3O2. The van der Waals surface area contributed by atoms with Crippen LogP contribution in [0, 0.1) is 13.8 Å². The number of carbonyl (C=O) groups excluding carboxylic acids is 1. The molecule has 1 aromatic carbocycles. The number of carbonyl (C=O) groups is 1. The summed E-state index contributed by atoms with van der Waals surface area (Å²) < 4.78 is 5.18. The summed E-state index contributed by atoms with van der Waals surface area (Å²) >= 11 is 0. The second-order valence-electron chi connectivity index (χ2n) is 5.07. The molecule has 2 rings (SSSR count). The predicted molar refractivity (Wildman–Crippen MR) is 88.1 cm³/mol. The van der Waals surface area contributed by atoms with Gasteiger partial charge in [-0.25, -0.2) is 0 Å². The van der Waals surface area contributed by atoms with Gasteiger partial charge in [-0.3, -0.25) is 4.79 Å². The van der Waals surface area contributed by atoms with Gasteiger partial charge in [-0.15, -0.1) is 12.4 Å². The van der Waals surface area contributed by atoms with Crippen molar-refractivity contribution in [1.29, 1.82) is 0 Å². The van der Waals surface area contributed by atoms with Gasteiger partial charge in [-0.2, -0.15) is 0 Å². The maximum Gasteiger partial charge on any atom is 0.251 e. The maximum atomic E-state index is 12.3. The zero-order valence-electron chi connectivity index (χ0n) is 13.1. The maximum absolute atomic E-state index is 12.3. The van der Waals surface area contributed by atoms with Gasteiger partial charge in [0.15, 0.2) is 0 Å². The summed E-state index contributed by atoms with van der Waals surface area (Å²) in [6.07, 6.45) is 0.773. The van der Waals surface area contributed by atoms with Gasteiger partial charge in [0.05, 0.1) is 11.7 Å². The van der Waals surface area contributed by atoms with Gasteiger partial charge in [-0.05, 0) is 38.0 Å². The van der Waals surface area contributed by atoms with E-state index in [0.29, 0.717) is 12.1 Å². The Morgan fingerprint density at radius 2 is 1.95 bits per heavy atom. The minimum absolute atomic E-state index is 0. The van der Waals surface area contributed by atoms with Crippen molar-refractivity contribution in [3.8, 4) is 0 Å². The second kappa shape index (κ2) is 7.96. The van der Waals surface area contributed by atoms with Crippen LogP contribution < -0.4 is 11.1 Å². The highest BCUT2D eigenvalue weighted by Gasteiger charge is 2.21. The molecule has 0 aliphatic carbocycles. The van der Waals surface area contributed by atoms with Crippen LogP contribution in [0.4, 0.5) is 0 Å². The topological polar surface area (TPSA) is 81.2 Å². The number of rotatable bonds is 5. The first kappa shape index (κ1) is 18.2. The first-order valence-electron chi connectivity index (χ1n) is 7.09. The van der Waals surface area contributed by atoms with Crippen molar-refractivity contribution in [2.75, 3.05) is 0 Å². The van der Waals surface area contributed by atoms with E-state index in [4.69, 9.17) is 10.3 Å². The quantitative estimate of drug-likeness (QED) is 0.886. The van der Waals surface area contributed by atoms with Crippen LogP contribution in [0.15, 0.2) is 28.8 Å². The molecule has 120 valence electrons. The lowest BCUT2D eigenvalue weighted by atomic mass is 10.0. The molecule has 0 fully saturated rings. The summed E-state index contributed by atoms with van der Waals surface area (Å²) in [5, 5.41) is 6.98. The number of hydrogen-bond acceptors (Lipinski definition) is 4. The SMILES string of the molecule is CCC(NC(=O)c1ccc(CN)cc1)c1c(C)noc1C.Cl. The number of aryl methyl sites for hydroxylation is 2. The molecule has 1 heterocycles. The van der Waals surface area contributed by atoms with E-state index in [1.54, 1.807) is 12.1 Å². The molecule has 0 saturated carbocycles. The fourth-order valence-corrected chi connectivity index (χ4v) is 2.40. The largest absolute Gasteiger partial charge is 0.361 e. The van der Waals surface area contributed by atoms with Crippen molar-refractivity contribution in [2.45, 2.75) is 39.8 Å². The molecule has 6 heteroatoms. The minimum atomic E-state index is -0.106. The number of aromatic nitrogens is 1. The van der Waals surface area contributed by atoms with Gasteiger partial charge in [0.2, 0.25) is 0 Å². The summed E-state index contributed by atoms with van der Waals surface area (Å²) in [7, 11) is 0. The van der Waals surface area contributed by atoms with Crippen LogP contribution in [-0.4, -0.2) is 11.1 Å². The van der Waals surface area contributed by atoms with Gasteiger partial charge >= 0.3 is 0 Å². The summed E-state index contributed by atoms with van der Waals surface area (Å²) in [6, 6.07) is 7.21. The monoisotopic (exact) mass is 323 g/mol. The smallest absolute Gasteiger partial charge is 0.251 e. The lowest BCUT2D eigenvalue weighted by Crippen LogP contribution is -2.28. The Labute approximate surface area is 136 Å². The molecule has 0 saturated heterocycles. The molecule has 22 heavy (non-hydrogen) atoms. The number of amides is 1. The summed E-state index contributed by atoms with van der Waals surface area (Å²) in [5.74, 6) is 0.642. The molecule has 2 aromatic rings. The van der Waals surface area contributed by atoms with Crippen molar-refractivity contribution < 1.29 is 9.32 Å². The van der Waals surface area contributed by atoms with E-state index in [1.165, 1.54) is 0 Å². The Kier molecular flexibility index (Phi) is 6.59. The molecule has 1 aromatic heterocycles. The summed E-state index contributed by atoms with van der Waals surface area (Å²) in [4.78, 5) is 12.3. The highest BCUT2D eigenvalue weighted by Crippen LogP contribution is 2.24. The molecule has 3 N–H and O–H groups in total. The van der Waals surface area contributed by atoms with Gasteiger partial charge < -0.3 is 15.6 Å². The highest BCUT2D eigenvalue weighted by atomic mass is 35.5. The first-order chi connectivity index (χ1) is 10.1. The van der Waals surface area contributed by atoms with E-state index in [2.05, 4.69) is 10.5 Å². The molecule has 1 amide bonds. The number of nitrogens with two attached hydrogens (primary N) is 1. The molecule has 5 nitrogen and oxygen atoms in total. The molecule has 0 radical (unpaired) electrons. The van der Waals surface area contributed by atoms with Crippen LogP contribution in [0.3, 0.4) is 0 Å². The van der Waals surface area contributed by atoms with Crippen molar-refractivity contribution in [2.24, 2.45) is 5.73 Å². The van der Waals surface area contributed by atoms with Gasteiger partial charge in [0.1, 0.15) is 5.76 Å². The van der Waals surface area contributed by atoms with Crippen LogP contribution in [0.25, 0.3) is 0 Å². The lowest BCUT2D eigenvalue weighted by Gasteiger charge is -2.17. The second-order valence-corrected chi connectivity index (χ2v) is 5.07. The number of halogens is 1. The molecule has 1 unspecified atom stereocenters. The Bertz CT molecular complexity index is 603. The highest BCUT2D eigenvalue weighted by molar-refractivity contribution is 5.94. The number of nitrogens with zero attached hydrogens (tertiary/aromatic N) is 1. The molecule has 1 atom stereocenters. The van der Waals surface area contributed by atoms with E-state index in [-0.39, 0.29) is 24.4 Å². The van der Waals surface area contributed by atoms with Crippen molar-refractivity contribution >= 4 is 18.3 Å². The van der Waals surface area contributed by atoms with E-state index < -0.39 is 0 Å². The zero-order valence-corrected chi connectivity index (χ0v) is 13.9. The standard InChI is InChI=1S/C16H21N3O2.ClH/c1-4-14(15-10(2)19-21-11(15)3)18-16(20)13-7-5-12(9-17)6-8-13;/h5-8,14H,4,9,17H2,1-3H3,(H,18,20);1H. The molecule has 0 bridgehead atoms. The third kappa shape index (κ3) is 3.87. The van der Waals surface area contributed by atoms with Gasteiger partial charge in [0.25, 0.3) is 5.91 Å². The summed E-state index contributed by atoms with van der Waals surface area (Å²) in [5.41, 5.74) is 8.96. The van der Waals surface area contributed by atoms with Gasteiger partial charge in [0, 0.05) is 17.7 Å². The van der Waals surface area contributed by atoms with Gasteiger partial charge in [-0.1, -0.05) is 24.2 Å². The van der Waals surface area contributed by atoms with E-state index >= 15 is 0 Å². The Balaban J connectivity index is 0.00000242. The molecular weight excluding hydrogens is 302 g/mol. The molecule has 0 aliphatic rings. The lowest BCUT2D eigenvalue weighted by molar-refractivity contribution is 0.0935. The fraction of sp³-hybridized carbons (Fsp3) is 0.375. The normalized spacial score (nSPS) is 11.6. The minimum Gasteiger partial charge on any atom is -0.361 e. The van der Waals surface area contributed by atoms with Crippen LogP contribution >= 0.6 is 12.4 Å². The average Bonchev–Trinajstić information content (AvgIpc) is 2.84. The van der Waals surface area contributed by atoms with Crippen LogP contribution in [-0.2, 0) is 6.54 Å². The predicted octanol–water partition coefficient (Wildman–Crippen LogP) is 3.05. The van der Waals surface area contributed by atoms with E-state index in [9.17, 15) is 4.79 Å². The Hall–Kier alpha value is -1.85. The Morgan fingerprint density at radius 1 is 1.32 bits per heavy atom. The first-order valence-corrected chi connectivity index (χ1v) is 7.09. The molecule has 0 aliphatic heterocycles. The Morgan fingerprint density at radius 3 is 2.41 bits per heavy atom. The van der Waals surface area contributed by atoms with E-state index in [0.717, 1.165) is 29.0 Å². The summed E-state index contributed by atoms with van der Waals surface area (Å²) in [6.45, 7) is 6.24. The number of benzene rings is 1. The number of hydrogen-bond donors (Lipinski definition) is 2. The number of nitrogens with one attached hydrogen (secondary N) is 1. The van der Waals surface area contributed by atoms with Crippen molar-refractivity contribution in [3.63, 3.8) is 0 Å². The third-order valence-electron chi connectivity index (χ3n) is 3.60.